The summed E-state index contributed by atoms with van der Waals surface area (Å²) >= 11 is 0. The highest BCUT2D eigenvalue weighted by Crippen LogP contribution is 2.40. The van der Waals surface area contributed by atoms with Crippen LogP contribution in [0.1, 0.15) is 66.5 Å². The zero-order chi connectivity index (χ0) is 40.1. The van der Waals surface area contributed by atoms with E-state index in [1.54, 1.807) is 0 Å². The van der Waals surface area contributed by atoms with Crippen LogP contribution in [0.15, 0.2) is 121 Å². The zero-order valence-corrected chi connectivity index (χ0v) is 36.6. The van der Waals surface area contributed by atoms with Crippen molar-refractivity contribution in [2.24, 2.45) is 0 Å². The van der Waals surface area contributed by atoms with E-state index in [1.165, 1.54) is 0 Å². The number of carbonyl (C=O) groups is 1. The topological polar surface area (TPSA) is 77.5 Å². The number of benzene rings is 4. The van der Waals surface area contributed by atoms with Gasteiger partial charge >= 0.3 is 0 Å². The normalized spacial score (nSPS) is 18.2. The van der Waals surface area contributed by atoms with E-state index in [0.717, 1.165) is 21.5 Å². The lowest BCUT2D eigenvalue weighted by molar-refractivity contribution is -0.162. The molecule has 0 bridgehead atoms. The molecule has 4 aromatic rings. The predicted octanol–water partition coefficient (Wildman–Crippen LogP) is 8.11. The molecule has 0 saturated carbocycles. The van der Waals surface area contributed by atoms with Gasteiger partial charge in [-0.2, -0.15) is 0 Å². The van der Waals surface area contributed by atoms with Gasteiger partial charge in [0.1, 0.15) is 18.3 Å². The molecule has 0 amide bonds. The molecule has 1 aliphatic rings. The van der Waals surface area contributed by atoms with E-state index in [2.05, 4.69) is 132 Å². The molecular formula is C46H63NO6Si2. The first-order valence-electron chi connectivity index (χ1n) is 19.6. The van der Waals surface area contributed by atoms with Gasteiger partial charge in [0.15, 0.2) is 19.9 Å². The summed E-state index contributed by atoms with van der Waals surface area (Å²) in [6, 6.07) is 41.0. The molecule has 1 fully saturated rings. The molecule has 0 radical (unpaired) electrons. The second-order valence-corrected chi connectivity index (χ2v) is 27.0. The third-order valence-electron chi connectivity index (χ3n) is 11.4. The third kappa shape index (κ3) is 10.2. The maximum Gasteiger partial charge on any atom is 0.261 e. The van der Waals surface area contributed by atoms with Crippen LogP contribution in [0.2, 0.25) is 23.2 Å². The molecule has 0 unspecified atom stereocenters. The highest BCUT2D eigenvalue weighted by Gasteiger charge is 2.53. The minimum absolute atomic E-state index is 0.0941. The highest BCUT2D eigenvalue weighted by molar-refractivity contribution is 6.99. The molecule has 0 aromatic heterocycles. The Hall–Kier alpha value is -3.26. The van der Waals surface area contributed by atoms with Crippen molar-refractivity contribution < 1.29 is 28.2 Å². The summed E-state index contributed by atoms with van der Waals surface area (Å²) in [4.78, 5) is 17.1. The maximum atomic E-state index is 14.8. The van der Waals surface area contributed by atoms with Crippen molar-refractivity contribution >= 4 is 32.8 Å². The molecule has 5 rings (SSSR count). The van der Waals surface area contributed by atoms with Crippen LogP contribution in [0, 0.1) is 0 Å². The van der Waals surface area contributed by atoms with Gasteiger partial charge in [-0.1, -0.05) is 163 Å². The lowest BCUT2D eigenvalue weighted by atomic mass is 9.97. The minimum atomic E-state index is -3.07. The zero-order valence-electron chi connectivity index (χ0n) is 34.6. The molecule has 55 heavy (non-hydrogen) atoms. The number of aliphatic hydroxyl groups is 1. The number of aliphatic hydroxyl groups excluding tert-OH is 1. The summed E-state index contributed by atoms with van der Waals surface area (Å²) in [7, 11) is -5.70. The molecule has 1 saturated heterocycles. The number of hydrogen-bond acceptors (Lipinski definition) is 7. The van der Waals surface area contributed by atoms with Crippen molar-refractivity contribution in [1.29, 1.82) is 0 Å². The number of rotatable bonds is 16. The van der Waals surface area contributed by atoms with E-state index < -0.39 is 46.8 Å². The van der Waals surface area contributed by atoms with E-state index in [-0.39, 0.29) is 29.1 Å². The standard InChI is InChI=1S/C46H63NO6Si2/c1-44(2,3)54(9,10)53-43(42(49)40-34-50-46(7,8)52-40)41(48)39(47(31-35-23-15-11-16-24-35)32-36-25-17-12-18-26-36)33-51-55(45(4,5)6,37-27-19-13-20-28-37)38-29-21-14-22-30-38/h11-30,39-41,43,48H,31-34H2,1-10H3/t39-,40+,41+,43-/m1/s1. The van der Waals surface area contributed by atoms with Crippen LogP contribution >= 0.6 is 0 Å². The van der Waals surface area contributed by atoms with Crippen LogP contribution in [0.3, 0.4) is 0 Å². The minimum Gasteiger partial charge on any atom is -0.406 e. The summed E-state index contributed by atoms with van der Waals surface area (Å²) in [5, 5.41) is 14.9. The molecule has 9 heteroatoms. The lowest BCUT2D eigenvalue weighted by Gasteiger charge is -2.47. The Balaban J connectivity index is 1.69. The maximum absolute atomic E-state index is 14.8. The van der Waals surface area contributed by atoms with Gasteiger partial charge in [0.2, 0.25) is 0 Å². The average molecular weight is 782 g/mol. The Morgan fingerprint density at radius 1 is 0.764 bits per heavy atom. The Bertz CT molecular complexity index is 1710. The average Bonchev–Trinajstić information content (AvgIpc) is 3.51. The summed E-state index contributed by atoms with van der Waals surface area (Å²) < 4.78 is 26.7. The van der Waals surface area contributed by atoms with Crippen LogP contribution in [-0.2, 0) is 36.2 Å². The van der Waals surface area contributed by atoms with E-state index >= 15 is 0 Å². The largest absolute Gasteiger partial charge is 0.406 e. The van der Waals surface area contributed by atoms with Crippen molar-refractivity contribution in [1.82, 2.24) is 4.90 Å². The number of ketones is 1. The quantitative estimate of drug-likeness (QED) is 0.115. The van der Waals surface area contributed by atoms with Crippen molar-refractivity contribution in [2.75, 3.05) is 13.2 Å². The van der Waals surface area contributed by atoms with E-state index in [0.29, 0.717) is 13.1 Å². The van der Waals surface area contributed by atoms with E-state index in [4.69, 9.17) is 18.3 Å². The fourth-order valence-electron chi connectivity index (χ4n) is 7.32. The molecule has 0 spiro atoms. The summed E-state index contributed by atoms with van der Waals surface area (Å²) in [6.45, 7) is 22.3. The van der Waals surface area contributed by atoms with E-state index in [9.17, 15) is 9.90 Å². The Morgan fingerprint density at radius 2 is 1.20 bits per heavy atom. The van der Waals surface area contributed by atoms with Crippen LogP contribution in [0.4, 0.5) is 0 Å². The number of carbonyl (C=O) groups excluding carboxylic acids is 1. The summed E-state index contributed by atoms with van der Waals surface area (Å²) in [5.41, 5.74) is 2.17. The van der Waals surface area contributed by atoms with Gasteiger partial charge < -0.3 is 23.4 Å². The van der Waals surface area contributed by atoms with Gasteiger partial charge in [0.05, 0.1) is 19.3 Å². The first kappa shape index (κ1) is 42.9. The third-order valence-corrected chi connectivity index (χ3v) is 20.8. The lowest BCUT2D eigenvalue weighted by Crippen LogP contribution is -2.68. The molecule has 4 atom stereocenters. The molecule has 7 nitrogen and oxygen atoms in total. The smallest absolute Gasteiger partial charge is 0.261 e. The number of ether oxygens (including phenoxy) is 2. The van der Waals surface area contributed by atoms with Crippen molar-refractivity contribution in [2.45, 2.75) is 122 Å². The first-order chi connectivity index (χ1) is 25.8. The van der Waals surface area contributed by atoms with Gasteiger partial charge in [-0.3, -0.25) is 9.69 Å². The Morgan fingerprint density at radius 3 is 1.58 bits per heavy atom. The van der Waals surface area contributed by atoms with E-state index in [1.807, 2.05) is 62.4 Å². The predicted molar refractivity (Wildman–Crippen MR) is 227 cm³/mol. The Kier molecular flexibility index (Phi) is 13.6. The van der Waals surface area contributed by atoms with Crippen molar-refractivity contribution in [3.8, 4) is 0 Å². The monoisotopic (exact) mass is 781 g/mol. The molecule has 1 aliphatic heterocycles. The van der Waals surface area contributed by atoms with Gasteiger partial charge in [-0.15, -0.1) is 0 Å². The van der Waals surface area contributed by atoms with Crippen LogP contribution in [0.5, 0.6) is 0 Å². The van der Waals surface area contributed by atoms with Gasteiger partial charge in [-0.05, 0) is 58.5 Å². The van der Waals surface area contributed by atoms with Crippen LogP contribution < -0.4 is 10.4 Å². The van der Waals surface area contributed by atoms with Gasteiger partial charge in [0, 0.05) is 13.1 Å². The second kappa shape index (κ2) is 17.5. The SMILES string of the molecule is CC1(C)OC[C@@H](C(=O)[C@H](O[Si](C)(C)C(C)(C)C)[C@@H](O)[C@@H](CO[Si](c2ccccc2)(c2ccccc2)C(C)(C)C)N(Cc2ccccc2)Cc2ccccc2)O1. The fraction of sp³-hybridized carbons (Fsp3) is 0.457. The molecule has 0 aliphatic carbocycles. The summed E-state index contributed by atoms with van der Waals surface area (Å²) in [5.74, 6) is -1.23. The molecule has 4 aromatic carbocycles. The molecular weight excluding hydrogens is 719 g/mol. The highest BCUT2D eigenvalue weighted by atomic mass is 28.4. The van der Waals surface area contributed by atoms with Crippen LogP contribution in [-0.4, -0.2) is 75.8 Å². The second-order valence-electron chi connectivity index (χ2n) is 17.9. The van der Waals surface area contributed by atoms with Crippen LogP contribution in [0.25, 0.3) is 0 Å². The molecule has 1 N–H and O–H groups in total. The Labute approximate surface area is 332 Å². The van der Waals surface area contributed by atoms with Gasteiger partial charge in [-0.25, -0.2) is 0 Å². The molecule has 296 valence electrons. The van der Waals surface area contributed by atoms with Crippen molar-refractivity contribution in [3.63, 3.8) is 0 Å². The summed E-state index contributed by atoms with van der Waals surface area (Å²) in [6.07, 6.45) is -3.35. The first-order valence-corrected chi connectivity index (χ1v) is 24.4. The fourth-order valence-corrected chi connectivity index (χ4v) is 13.1. The van der Waals surface area contributed by atoms with Crippen molar-refractivity contribution in [3.05, 3.63) is 132 Å². The number of nitrogens with zero attached hydrogens (tertiary/aromatic N) is 1. The number of hydrogen-bond donors (Lipinski definition) is 1. The number of Topliss-reactive ketones (excluding diaryl/α,β-unsaturated/α-hetero) is 1. The molecule has 1 heterocycles. The van der Waals surface area contributed by atoms with Gasteiger partial charge in [0.25, 0.3) is 8.32 Å².